The Bertz CT molecular complexity index is 752. The molecule has 120 valence electrons. The van der Waals surface area contributed by atoms with Crippen molar-refractivity contribution in [1.82, 2.24) is 9.97 Å². The Labute approximate surface area is 137 Å². The number of hydrogen-bond donors (Lipinski definition) is 1. The minimum absolute atomic E-state index is 0.148. The molecular formula is C15H16N4O3S. The molecule has 0 aromatic carbocycles. The van der Waals surface area contributed by atoms with Gasteiger partial charge in [-0.05, 0) is 18.6 Å². The van der Waals surface area contributed by atoms with Crippen LogP contribution in [0.15, 0.2) is 21.7 Å². The van der Waals surface area contributed by atoms with Crippen LogP contribution in [0.5, 0.6) is 0 Å². The molecule has 2 rings (SSSR count). The molecule has 0 bridgehead atoms. The SMILES string of the molecule is CCCc1nc(SCc2ccc(C(=O)OC)o2)nc(N)c1C#N. The molecule has 2 aromatic heterocycles. The number of thioether (sulfide) groups is 1. The smallest absolute Gasteiger partial charge is 0.373 e. The Balaban J connectivity index is 2.13. The standard InChI is InChI=1S/C15H16N4O3S/c1-3-4-11-10(7-16)13(17)19-15(18-11)23-8-9-5-6-12(22-9)14(20)21-2/h5-6H,3-4,8H2,1-2H3,(H2,17,18,19). The Morgan fingerprint density at radius 3 is 2.91 bits per heavy atom. The number of rotatable bonds is 6. The first kappa shape index (κ1) is 16.8. The van der Waals surface area contributed by atoms with Crippen LogP contribution in [0.4, 0.5) is 5.82 Å². The molecule has 0 aliphatic rings. The van der Waals surface area contributed by atoms with Gasteiger partial charge < -0.3 is 14.9 Å². The molecule has 0 fully saturated rings. The van der Waals surface area contributed by atoms with Gasteiger partial charge in [-0.3, -0.25) is 0 Å². The summed E-state index contributed by atoms with van der Waals surface area (Å²) in [5.41, 5.74) is 6.81. The van der Waals surface area contributed by atoms with Crippen molar-refractivity contribution in [2.75, 3.05) is 12.8 Å². The fourth-order valence-corrected chi connectivity index (χ4v) is 2.67. The molecule has 2 heterocycles. The first-order valence-electron chi connectivity index (χ1n) is 6.95. The maximum atomic E-state index is 11.3. The zero-order valence-electron chi connectivity index (χ0n) is 12.8. The van der Waals surface area contributed by atoms with Crippen LogP contribution >= 0.6 is 11.8 Å². The molecule has 23 heavy (non-hydrogen) atoms. The molecule has 2 N–H and O–H groups in total. The highest BCUT2D eigenvalue weighted by atomic mass is 32.2. The van der Waals surface area contributed by atoms with Crippen molar-refractivity contribution in [1.29, 1.82) is 5.26 Å². The largest absolute Gasteiger partial charge is 0.463 e. The lowest BCUT2D eigenvalue weighted by Crippen LogP contribution is -2.05. The average Bonchev–Trinajstić information content (AvgIpc) is 3.01. The van der Waals surface area contributed by atoms with Crippen LogP contribution in [-0.4, -0.2) is 23.0 Å². The number of nitrogen functional groups attached to an aromatic ring is 1. The van der Waals surface area contributed by atoms with Gasteiger partial charge in [0.25, 0.3) is 0 Å². The summed E-state index contributed by atoms with van der Waals surface area (Å²) in [5, 5.41) is 9.60. The Hall–Kier alpha value is -2.53. The summed E-state index contributed by atoms with van der Waals surface area (Å²) in [6.07, 6.45) is 1.52. The van der Waals surface area contributed by atoms with Gasteiger partial charge in [-0.15, -0.1) is 0 Å². The van der Waals surface area contributed by atoms with Gasteiger partial charge in [0.2, 0.25) is 5.76 Å². The van der Waals surface area contributed by atoms with Crippen molar-refractivity contribution in [2.45, 2.75) is 30.7 Å². The van der Waals surface area contributed by atoms with Crippen LogP contribution in [0.2, 0.25) is 0 Å². The van der Waals surface area contributed by atoms with Crippen molar-refractivity contribution in [3.05, 3.63) is 34.9 Å². The van der Waals surface area contributed by atoms with Crippen molar-refractivity contribution in [3.63, 3.8) is 0 Å². The van der Waals surface area contributed by atoms with E-state index >= 15 is 0 Å². The van der Waals surface area contributed by atoms with E-state index in [1.807, 2.05) is 13.0 Å². The number of nitrogens with zero attached hydrogens (tertiary/aromatic N) is 3. The van der Waals surface area contributed by atoms with E-state index in [0.29, 0.717) is 34.3 Å². The Morgan fingerprint density at radius 2 is 2.26 bits per heavy atom. The van der Waals surface area contributed by atoms with Gasteiger partial charge in [-0.25, -0.2) is 14.8 Å². The number of carbonyl (C=O) groups is 1. The van der Waals surface area contributed by atoms with E-state index in [1.54, 1.807) is 12.1 Å². The maximum Gasteiger partial charge on any atom is 0.373 e. The Kier molecular flexibility index (Phi) is 5.60. The lowest BCUT2D eigenvalue weighted by Gasteiger charge is -2.06. The highest BCUT2D eigenvalue weighted by molar-refractivity contribution is 7.98. The summed E-state index contributed by atoms with van der Waals surface area (Å²) in [6, 6.07) is 5.29. The number of carbonyl (C=O) groups excluding carboxylic acids is 1. The monoisotopic (exact) mass is 332 g/mol. The molecule has 8 heteroatoms. The lowest BCUT2D eigenvalue weighted by molar-refractivity contribution is 0.0563. The molecule has 0 saturated carbocycles. The normalized spacial score (nSPS) is 10.3. The van der Waals surface area contributed by atoms with Crippen LogP contribution in [0.25, 0.3) is 0 Å². The maximum absolute atomic E-state index is 11.3. The second-order valence-corrected chi connectivity index (χ2v) is 5.56. The predicted octanol–water partition coefficient (Wildman–Crippen LogP) is 2.55. The number of nitriles is 1. The Morgan fingerprint density at radius 1 is 1.48 bits per heavy atom. The molecule has 0 aliphatic heterocycles. The van der Waals surface area contributed by atoms with Crippen molar-refractivity contribution in [2.24, 2.45) is 0 Å². The second kappa shape index (κ2) is 7.65. The molecule has 0 atom stereocenters. The summed E-state index contributed by atoms with van der Waals surface area (Å²) in [4.78, 5) is 19.9. The van der Waals surface area contributed by atoms with E-state index < -0.39 is 5.97 Å². The number of aromatic nitrogens is 2. The fourth-order valence-electron chi connectivity index (χ4n) is 1.91. The number of esters is 1. The van der Waals surface area contributed by atoms with E-state index in [-0.39, 0.29) is 11.6 Å². The molecule has 0 amide bonds. The third-order valence-electron chi connectivity index (χ3n) is 2.98. The van der Waals surface area contributed by atoms with E-state index in [0.717, 1.165) is 6.42 Å². The molecule has 0 unspecified atom stereocenters. The number of methoxy groups -OCH3 is 1. The summed E-state index contributed by atoms with van der Waals surface area (Å²) >= 11 is 1.32. The van der Waals surface area contributed by atoms with Gasteiger partial charge in [0.05, 0.1) is 18.6 Å². The van der Waals surface area contributed by atoms with Gasteiger partial charge in [0.1, 0.15) is 23.2 Å². The summed E-state index contributed by atoms with van der Waals surface area (Å²) in [6.45, 7) is 2.00. The average molecular weight is 332 g/mol. The van der Waals surface area contributed by atoms with Crippen LogP contribution in [0.3, 0.4) is 0 Å². The number of ether oxygens (including phenoxy) is 1. The van der Waals surface area contributed by atoms with Gasteiger partial charge in [-0.1, -0.05) is 25.1 Å². The van der Waals surface area contributed by atoms with Crippen molar-refractivity contribution in [3.8, 4) is 6.07 Å². The topological polar surface area (TPSA) is 115 Å². The van der Waals surface area contributed by atoms with Crippen LogP contribution in [0, 0.1) is 11.3 Å². The van der Waals surface area contributed by atoms with E-state index in [9.17, 15) is 4.79 Å². The molecule has 2 aromatic rings. The second-order valence-electron chi connectivity index (χ2n) is 4.62. The third kappa shape index (κ3) is 4.02. The quantitative estimate of drug-likeness (QED) is 0.487. The first-order valence-corrected chi connectivity index (χ1v) is 7.93. The number of anilines is 1. The minimum Gasteiger partial charge on any atom is -0.463 e. The first-order chi connectivity index (χ1) is 11.1. The van der Waals surface area contributed by atoms with Gasteiger partial charge in [0.15, 0.2) is 5.16 Å². The summed E-state index contributed by atoms with van der Waals surface area (Å²) in [7, 11) is 1.29. The highest BCUT2D eigenvalue weighted by Crippen LogP contribution is 2.24. The van der Waals surface area contributed by atoms with Crippen LogP contribution < -0.4 is 5.73 Å². The molecular weight excluding hydrogens is 316 g/mol. The minimum atomic E-state index is -0.523. The molecule has 0 saturated heterocycles. The van der Waals surface area contributed by atoms with Gasteiger partial charge in [-0.2, -0.15) is 5.26 Å². The molecule has 0 spiro atoms. The zero-order chi connectivity index (χ0) is 16.8. The zero-order valence-corrected chi connectivity index (χ0v) is 13.6. The third-order valence-corrected chi connectivity index (χ3v) is 3.85. The van der Waals surface area contributed by atoms with E-state index in [2.05, 4.69) is 14.7 Å². The summed E-state index contributed by atoms with van der Waals surface area (Å²) in [5.74, 6) is 0.843. The molecule has 0 radical (unpaired) electrons. The van der Waals surface area contributed by atoms with E-state index in [1.165, 1.54) is 18.9 Å². The van der Waals surface area contributed by atoms with Crippen LogP contribution in [-0.2, 0) is 16.9 Å². The van der Waals surface area contributed by atoms with Gasteiger partial charge >= 0.3 is 5.97 Å². The fraction of sp³-hybridized carbons (Fsp3) is 0.333. The number of furan rings is 1. The van der Waals surface area contributed by atoms with Gasteiger partial charge in [0, 0.05) is 0 Å². The van der Waals surface area contributed by atoms with Crippen molar-refractivity contribution >= 4 is 23.5 Å². The predicted molar refractivity (Wildman–Crippen MR) is 84.8 cm³/mol. The highest BCUT2D eigenvalue weighted by Gasteiger charge is 2.14. The number of hydrogen-bond acceptors (Lipinski definition) is 8. The van der Waals surface area contributed by atoms with Crippen LogP contribution in [0.1, 0.15) is 40.9 Å². The number of nitrogens with two attached hydrogens (primary N) is 1. The number of aryl methyl sites for hydroxylation is 1. The molecule has 0 aliphatic carbocycles. The summed E-state index contributed by atoms with van der Waals surface area (Å²) < 4.78 is 9.96. The van der Waals surface area contributed by atoms with E-state index in [4.69, 9.17) is 15.4 Å². The van der Waals surface area contributed by atoms with Crippen molar-refractivity contribution < 1.29 is 13.9 Å². The molecule has 7 nitrogen and oxygen atoms in total. The lowest BCUT2D eigenvalue weighted by atomic mass is 10.1.